The van der Waals surface area contributed by atoms with Crippen molar-refractivity contribution in [1.82, 2.24) is 4.90 Å². The minimum atomic E-state index is -0.673. The molecule has 0 unspecified atom stereocenters. The highest BCUT2D eigenvalue weighted by molar-refractivity contribution is 6.04. The van der Waals surface area contributed by atoms with Gasteiger partial charge in [0.1, 0.15) is 5.75 Å². The van der Waals surface area contributed by atoms with Crippen LogP contribution >= 0.6 is 0 Å². The van der Waals surface area contributed by atoms with Gasteiger partial charge in [0.2, 0.25) is 0 Å². The number of rotatable bonds is 5. The first-order valence-electron chi connectivity index (χ1n) is 8.97. The highest BCUT2D eigenvalue weighted by atomic mass is 16.5. The lowest BCUT2D eigenvalue weighted by atomic mass is 10.1. The van der Waals surface area contributed by atoms with Crippen LogP contribution in [0.3, 0.4) is 0 Å². The van der Waals surface area contributed by atoms with Gasteiger partial charge in [-0.3, -0.25) is 9.59 Å². The summed E-state index contributed by atoms with van der Waals surface area (Å²) in [6.45, 7) is 5.23. The number of carbonyl (C=O) groups excluding carboxylic acids is 2. The zero-order chi connectivity index (χ0) is 18.5. The quantitative estimate of drug-likeness (QED) is 0.894. The minimum Gasteiger partial charge on any atom is -0.481 e. The number of benzene rings is 2. The van der Waals surface area contributed by atoms with E-state index in [1.807, 2.05) is 48.2 Å². The molecule has 5 nitrogen and oxygen atoms in total. The number of aryl methyl sites for hydroxylation is 1. The van der Waals surface area contributed by atoms with Gasteiger partial charge in [0.25, 0.3) is 11.8 Å². The van der Waals surface area contributed by atoms with Gasteiger partial charge in [-0.2, -0.15) is 0 Å². The molecular weight excluding hydrogens is 328 g/mol. The second kappa shape index (κ2) is 8.04. The summed E-state index contributed by atoms with van der Waals surface area (Å²) in [6.07, 6.45) is 1.39. The molecule has 1 aliphatic heterocycles. The first-order valence-corrected chi connectivity index (χ1v) is 8.97. The molecule has 0 aromatic heterocycles. The molecule has 136 valence electrons. The van der Waals surface area contributed by atoms with Gasteiger partial charge >= 0.3 is 0 Å². The maximum atomic E-state index is 12.7. The van der Waals surface area contributed by atoms with Crippen molar-refractivity contribution in [3.63, 3.8) is 0 Å². The van der Waals surface area contributed by atoms with Gasteiger partial charge in [0.05, 0.1) is 11.3 Å². The summed E-state index contributed by atoms with van der Waals surface area (Å²) in [6, 6.07) is 14.7. The monoisotopic (exact) mass is 352 g/mol. The number of anilines is 1. The molecule has 1 saturated heterocycles. The van der Waals surface area contributed by atoms with Crippen LogP contribution in [0, 0.1) is 6.92 Å². The molecule has 26 heavy (non-hydrogen) atoms. The largest absolute Gasteiger partial charge is 0.481 e. The number of amides is 2. The maximum absolute atomic E-state index is 12.7. The molecule has 2 aromatic rings. The van der Waals surface area contributed by atoms with Crippen LogP contribution in [0.4, 0.5) is 5.69 Å². The van der Waals surface area contributed by atoms with E-state index in [1.165, 1.54) is 0 Å². The zero-order valence-corrected chi connectivity index (χ0v) is 15.2. The first kappa shape index (κ1) is 18.0. The van der Waals surface area contributed by atoms with E-state index in [2.05, 4.69) is 5.32 Å². The highest BCUT2D eigenvalue weighted by Gasteiger charge is 2.23. The van der Waals surface area contributed by atoms with Crippen LogP contribution in [-0.2, 0) is 4.79 Å². The molecule has 0 aliphatic carbocycles. The first-order chi connectivity index (χ1) is 12.5. The summed E-state index contributed by atoms with van der Waals surface area (Å²) in [4.78, 5) is 27.0. The second-order valence-electron chi connectivity index (χ2n) is 6.61. The van der Waals surface area contributed by atoms with E-state index in [9.17, 15) is 9.59 Å². The van der Waals surface area contributed by atoms with Crippen molar-refractivity contribution >= 4 is 17.5 Å². The van der Waals surface area contributed by atoms with Gasteiger partial charge in [0, 0.05) is 13.1 Å². The van der Waals surface area contributed by atoms with Gasteiger partial charge in [-0.15, -0.1) is 0 Å². The predicted octanol–water partition coefficient (Wildman–Crippen LogP) is 3.64. The molecule has 2 amide bonds. The van der Waals surface area contributed by atoms with Crippen LogP contribution in [0.5, 0.6) is 5.75 Å². The van der Waals surface area contributed by atoms with Crippen LogP contribution in [-0.4, -0.2) is 35.9 Å². The van der Waals surface area contributed by atoms with Crippen molar-refractivity contribution in [3.05, 3.63) is 59.7 Å². The molecule has 5 heteroatoms. The van der Waals surface area contributed by atoms with E-state index >= 15 is 0 Å². The number of nitrogens with one attached hydrogen (secondary N) is 1. The third kappa shape index (κ3) is 4.23. The van der Waals surface area contributed by atoms with Crippen LogP contribution in [0.1, 0.15) is 35.7 Å². The smallest absolute Gasteiger partial charge is 0.265 e. The summed E-state index contributed by atoms with van der Waals surface area (Å²) in [5, 5.41) is 2.83. The molecule has 3 rings (SSSR count). The van der Waals surface area contributed by atoms with E-state index in [-0.39, 0.29) is 11.8 Å². The molecule has 0 bridgehead atoms. The number of hydrogen-bond acceptors (Lipinski definition) is 3. The summed E-state index contributed by atoms with van der Waals surface area (Å²) >= 11 is 0. The third-order valence-corrected chi connectivity index (χ3v) is 4.51. The van der Waals surface area contributed by atoms with Gasteiger partial charge in [0.15, 0.2) is 6.10 Å². The minimum absolute atomic E-state index is 0.0366. The third-order valence-electron chi connectivity index (χ3n) is 4.51. The summed E-state index contributed by atoms with van der Waals surface area (Å²) in [5.41, 5.74) is 2.17. The van der Waals surface area contributed by atoms with Crippen molar-refractivity contribution in [2.45, 2.75) is 32.8 Å². The number of hydrogen-bond donors (Lipinski definition) is 1. The van der Waals surface area contributed by atoms with E-state index < -0.39 is 6.10 Å². The fourth-order valence-corrected chi connectivity index (χ4v) is 2.98. The molecule has 1 N–H and O–H groups in total. The Morgan fingerprint density at radius 3 is 2.38 bits per heavy atom. The lowest BCUT2D eigenvalue weighted by Crippen LogP contribution is -2.32. The number of ether oxygens (including phenoxy) is 1. The standard InChI is InChI=1S/C21H24N2O3/c1-15-9-11-17(12-10-15)26-16(2)20(24)22-19-8-4-3-7-18(19)21(25)23-13-5-6-14-23/h3-4,7-12,16H,5-6,13-14H2,1-2H3,(H,22,24)/t16-/m1/s1. The van der Waals surface area contributed by atoms with Gasteiger partial charge in [-0.05, 0) is 51.0 Å². The molecule has 1 atom stereocenters. The summed E-state index contributed by atoms with van der Waals surface area (Å²) in [7, 11) is 0. The van der Waals surface area contributed by atoms with Crippen LogP contribution in [0.15, 0.2) is 48.5 Å². The fraction of sp³-hybridized carbons (Fsp3) is 0.333. The van der Waals surface area contributed by atoms with Crippen LogP contribution < -0.4 is 10.1 Å². The Labute approximate surface area is 154 Å². The number of carbonyl (C=O) groups is 2. The van der Waals surface area contributed by atoms with E-state index in [0.29, 0.717) is 17.0 Å². The van der Waals surface area contributed by atoms with Crippen molar-refractivity contribution in [2.24, 2.45) is 0 Å². The van der Waals surface area contributed by atoms with E-state index in [1.54, 1.807) is 19.1 Å². The normalized spacial score (nSPS) is 14.8. The average Bonchev–Trinajstić information content (AvgIpc) is 3.18. The topological polar surface area (TPSA) is 58.6 Å². The number of likely N-dealkylation sites (tertiary alicyclic amines) is 1. The van der Waals surface area contributed by atoms with Crippen molar-refractivity contribution < 1.29 is 14.3 Å². The van der Waals surface area contributed by atoms with Crippen LogP contribution in [0.2, 0.25) is 0 Å². The van der Waals surface area contributed by atoms with Crippen molar-refractivity contribution in [1.29, 1.82) is 0 Å². The summed E-state index contributed by atoms with van der Waals surface area (Å²) in [5.74, 6) is 0.317. The molecular formula is C21H24N2O3. The van der Waals surface area contributed by atoms with Crippen molar-refractivity contribution in [3.8, 4) is 5.75 Å². The number of nitrogens with zero attached hydrogens (tertiary/aromatic N) is 1. The molecule has 0 radical (unpaired) electrons. The SMILES string of the molecule is Cc1ccc(O[C@H](C)C(=O)Nc2ccccc2C(=O)N2CCCC2)cc1. The van der Waals surface area contributed by atoms with Gasteiger partial charge in [-0.1, -0.05) is 29.8 Å². The molecule has 0 saturated carbocycles. The predicted molar refractivity (Wildman–Crippen MR) is 101 cm³/mol. The maximum Gasteiger partial charge on any atom is 0.265 e. The molecule has 1 heterocycles. The molecule has 1 aliphatic rings. The Bertz CT molecular complexity index is 780. The summed E-state index contributed by atoms with van der Waals surface area (Å²) < 4.78 is 5.70. The van der Waals surface area contributed by atoms with Gasteiger partial charge in [-0.25, -0.2) is 0 Å². The average molecular weight is 352 g/mol. The Kier molecular flexibility index (Phi) is 5.56. The zero-order valence-electron chi connectivity index (χ0n) is 15.2. The lowest BCUT2D eigenvalue weighted by Gasteiger charge is -2.19. The second-order valence-corrected chi connectivity index (χ2v) is 6.61. The lowest BCUT2D eigenvalue weighted by molar-refractivity contribution is -0.122. The Balaban J connectivity index is 1.68. The van der Waals surface area contributed by atoms with Gasteiger partial charge < -0.3 is 15.0 Å². The van der Waals surface area contributed by atoms with E-state index in [4.69, 9.17) is 4.74 Å². The Hall–Kier alpha value is -2.82. The molecule has 2 aromatic carbocycles. The van der Waals surface area contributed by atoms with Crippen molar-refractivity contribution in [2.75, 3.05) is 18.4 Å². The fourth-order valence-electron chi connectivity index (χ4n) is 2.98. The van der Waals surface area contributed by atoms with E-state index in [0.717, 1.165) is 31.5 Å². The Morgan fingerprint density at radius 2 is 1.69 bits per heavy atom. The molecule has 1 fully saturated rings. The number of para-hydroxylation sites is 1. The Morgan fingerprint density at radius 1 is 1.04 bits per heavy atom. The van der Waals surface area contributed by atoms with Crippen LogP contribution in [0.25, 0.3) is 0 Å². The molecule has 0 spiro atoms. The highest BCUT2D eigenvalue weighted by Crippen LogP contribution is 2.21.